The molecule has 0 bridgehead atoms. The molecule has 138 valence electrons. The molecule has 1 N–H and O–H groups in total. The van der Waals surface area contributed by atoms with Crippen LogP contribution in [0.15, 0.2) is 48.5 Å². The molecule has 0 spiro atoms. The summed E-state index contributed by atoms with van der Waals surface area (Å²) < 4.78 is 13.5. The number of hydrogen-bond donors (Lipinski definition) is 1. The van der Waals surface area contributed by atoms with E-state index in [1.54, 1.807) is 13.0 Å². The van der Waals surface area contributed by atoms with Crippen molar-refractivity contribution in [3.05, 3.63) is 81.6 Å². The summed E-state index contributed by atoms with van der Waals surface area (Å²) >= 11 is 1.50. The highest BCUT2D eigenvalue weighted by Gasteiger charge is 2.22. The first kappa shape index (κ1) is 17.8. The van der Waals surface area contributed by atoms with Crippen LogP contribution in [0.5, 0.6) is 0 Å². The van der Waals surface area contributed by atoms with Crippen LogP contribution < -0.4 is 5.32 Å². The van der Waals surface area contributed by atoms with Crippen molar-refractivity contribution in [1.29, 1.82) is 0 Å². The van der Waals surface area contributed by atoms with Crippen molar-refractivity contribution < 1.29 is 9.18 Å². The molecule has 2 heterocycles. The largest absolute Gasteiger partial charge is 0.298 e. The molecule has 27 heavy (non-hydrogen) atoms. The summed E-state index contributed by atoms with van der Waals surface area (Å²) in [5.74, 6) is -0.736. The molecule has 6 heteroatoms. The molecule has 3 aromatic rings. The third-order valence-electron chi connectivity index (χ3n) is 4.72. The van der Waals surface area contributed by atoms with Crippen LogP contribution in [0.3, 0.4) is 0 Å². The number of nitrogens with one attached hydrogen (secondary N) is 1. The van der Waals surface area contributed by atoms with Crippen molar-refractivity contribution in [2.75, 3.05) is 11.9 Å². The number of benzene rings is 2. The lowest BCUT2D eigenvalue weighted by Crippen LogP contribution is -2.29. The number of aryl methyl sites for hydroxylation is 1. The fraction of sp³-hybridized carbons (Fsp3) is 0.238. The predicted octanol–water partition coefficient (Wildman–Crippen LogP) is 4.40. The summed E-state index contributed by atoms with van der Waals surface area (Å²) in [6.07, 6.45) is 0.869. The van der Waals surface area contributed by atoms with Gasteiger partial charge in [0.15, 0.2) is 5.13 Å². The maximum absolute atomic E-state index is 13.5. The van der Waals surface area contributed by atoms with E-state index in [1.807, 2.05) is 6.07 Å². The Morgan fingerprint density at radius 3 is 2.89 bits per heavy atom. The number of halogens is 1. The lowest BCUT2D eigenvalue weighted by molar-refractivity contribution is 0.102. The number of thiazole rings is 1. The third-order valence-corrected chi connectivity index (χ3v) is 5.72. The van der Waals surface area contributed by atoms with Crippen molar-refractivity contribution in [3.8, 4) is 0 Å². The molecule has 0 aliphatic carbocycles. The molecule has 0 unspecified atom stereocenters. The highest BCUT2D eigenvalue weighted by molar-refractivity contribution is 7.15. The van der Waals surface area contributed by atoms with Crippen molar-refractivity contribution in [2.45, 2.75) is 26.4 Å². The minimum Gasteiger partial charge on any atom is -0.298 e. The number of carbonyl (C=O) groups excluding carboxylic acids is 1. The van der Waals surface area contributed by atoms with Gasteiger partial charge in [-0.25, -0.2) is 9.37 Å². The summed E-state index contributed by atoms with van der Waals surface area (Å²) in [5.41, 5.74) is 3.43. The van der Waals surface area contributed by atoms with E-state index < -0.39 is 5.82 Å². The van der Waals surface area contributed by atoms with Gasteiger partial charge in [0.1, 0.15) is 5.82 Å². The SMILES string of the molecule is Cc1ccc(F)cc1C(=O)Nc1nc2c(s1)CN(Cc1ccccc1)CC2. The smallest absolute Gasteiger partial charge is 0.257 e. The Balaban J connectivity index is 1.45. The molecule has 4 rings (SSSR count). The molecule has 0 saturated heterocycles. The number of carbonyl (C=O) groups is 1. The molecule has 1 aliphatic heterocycles. The molecule has 0 saturated carbocycles. The molecule has 1 amide bonds. The fourth-order valence-electron chi connectivity index (χ4n) is 3.28. The van der Waals surface area contributed by atoms with Crippen LogP contribution in [0, 0.1) is 12.7 Å². The third kappa shape index (κ3) is 4.07. The molecule has 0 atom stereocenters. The summed E-state index contributed by atoms with van der Waals surface area (Å²) in [6, 6.07) is 14.6. The minimum atomic E-state index is -0.416. The van der Waals surface area contributed by atoms with E-state index in [0.29, 0.717) is 10.7 Å². The van der Waals surface area contributed by atoms with Crippen LogP contribution in [0.2, 0.25) is 0 Å². The molecule has 0 fully saturated rings. The van der Waals surface area contributed by atoms with E-state index in [1.165, 1.54) is 33.9 Å². The van der Waals surface area contributed by atoms with Gasteiger partial charge in [-0.05, 0) is 30.2 Å². The summed E-state index contributed by atoms with van der Waals surface area (Å²) in [6.45, 7) is 4.48. The van der Waals surface area contributed by atoms with Crippen LogP contribution in [0.25, 0.3) is 0 Å². The number of hydrogen-bond acceptors (Lipinski definition) is 4. The van der Waals surface area contributed by atoms with Crippen LogP contribution in [-0.2, 0) is 19.5 Å². The second kappa shape index (κ2) is 7.58. The molecule has 2 aromatic carbocycles. The number of nitrogens with zero attached hydrogens (tertiary/aromatic N) is 2. The average Bonchev–Trinajstić information content (AvgIpc) is 3.06. The second-order valence-corrected chi connectivity index (χ2v) is 7.83. The van der Waals surface area contributed by atoms with Gasteiger partial charge in [0.2, 0.25) is 0 Å². The van der Waals surface area contributed by atoms with Gasteiger partial charge in [0, 0.05) is 36.5 Å². The fourth-order valence-corrected chi connectivity index (χ4v) is 4.33. The van der Waals surface area contributed by atoms with Crippen LogP contribution >= 0.6 is 11.3 Å². The Labute approximate surface area is 161 Å². The Morgan fingerprint density at radius 2 is 2.07 bits per heavy atom. The van der Waals surface area contributed by atoms with Crippen LogP contribution in [0.1, 0.15) is 32.1 Å². The number of rotatable bonds is 4. The lowest BCUT2D eigenvalue weighted by atomic mass is 10.1. The number of aromatic nitrogens is 1. The highest BCUT2D eigenvalue weighted by Crippen LogP contribution is 2.29. The number of fused-ring (bicyclic) bond motifs is 1. The Bertz CT molecular complexity index is 971. The van der Waals surface area contributed by atoms with Gasteiger partial charge >= 0.3 is 0 Å². The molecule has 4 nitrogen and oxygen atoms in total. The summed E-state index contributed by atoms with van der Waals surface area (Å²) in [4.78, 5) is 20.6. The Hall–Kier alpha value is -2.57. The van der Waals surface area contributed by atoms with Crippen molar-refractivity contribution in [1.82, 2.24) is 9.88 Å². The van der Waals surface area contributed by atoms with Crippen LogP contribution in [0.4, 0.5) is 9.52 Å². The minimum absolute atomic E-state index is 0.320. The monoisotopic (exact) mass is 381 g/mol. The molecule has 1 aromatic heterocycles. The highest BCUT2D eigenvalue weighted by atomic mass is 32.1. The normalized spacial score (nSPS) is 14.0. The average molecular weight is 381 g/mol. The molecule has 0 radical (unpaired) electrons. The van der Waals surface area contributed by atoms with Crippen LogP contribution in [-0.4, -0.2) is 22.3 Å². The zero-order chi connectivity index (χ0) is 18.8. The maximum Gasteiger partial charge on any atom is 0.257 e. The van der Waals surface area contributed by atoms with Crippen molar-refractivity contribution in [3.63, 3.8) is 0 Å². The first-order valence-corrected chi connectivity index (χ1v) is 9.72. The second-order valence-electron chi connectivity index (χ2n) is 6.75. The van der Waals surface area contributed by atoms with E-state index in [9.17, 15) is 9.18 Å². The van der Waals surface area contributed by atoms with Gasteiger partial charge in [-0.3, -0.25) is 15.0 Å². The molecular weight excluding hydrogens is 361 g/mol. The van der Waals surface area contributed by atoms with E-state index in [2.05, 4.69) is 39.5 Å². The van der Waals surface area contributed by atoms with Gasteiger partial charge in [0.25, 0.3) is 5.91 Å². The zero-order valence-electron chi connectivity index (χ0n) is 15.0. The molecular formula is C21H20FN3OS. The quantitative estimate of drug-likeness (QED) is 0.728. The van der Waals surface area contributed by atoms with E-state index >= 15 is 0 Å². The van der Waals surface area contributed by atoms with E-state index in [-0.39, 0.29) is 5.91 Å². The predicted molar refractivity (Wildman–Crippen MR) is 105 cm³/mol. The molecule has 1 aliphatic rings. The van der Waals surface area contributed by atoms with E-state index in [0.717, 1.165) is 37.3 Å². The van der Waals surface area contributed by atoms with Gasteiger partial charge in [-0.2, -0.15) is 0 Å². The first-order valence-electron chi connectivity index (χ1n) is 8.91. The standard InChI is InChI=1S/C21H20FN3OS/c1-14-7-8-16(22)11-17(14)20(26)24-21-23-18-9-10-25(13-19(18)27-21)12-15-5-3-2-4-6-15/h2-8,11H,9-10,12-13H2,1H3,(H,23,24,26). The Kier molecular flexibility index (Phi) is 5.01. The van der Waals surface area contributed by atoms with Gasteiger partial charge in [-0.1, -0.05) is 36.4 Å². The zero-order valence-corrected chi connectivity index (χ0v) is 15.9. The summed E-state index contributed by atoms with van der Waals surface area (Å²) in [5, 5.41) is 3.41. The van der Waals surface area contributed by atoms with E-state index in [4.69, 9.17) is 0 Å². The lowest BCUT2D eigenvalue weighted by Gasteiger charge is -2.25. The number of amides is 1. The van der Waals surface area contributed by atoms with Crippen molar-refractivity contribution >= 4 is 22.4 Å². The topological polar surface area (TPSA) is 45.2 Å². The first-order chi connectivity index (χ1) is 13.1. The van der Waals surface area contributed by atoms with Gasteiger partial charge < -0.3 is 0 Å². The van der Waals surface area contributed by atoms with Gasteiger partial charge in [0.05, 0.1) is 5.69 Å². The Morgan fingerprint density at radius 1 is 1.26 bits per heavy atom. The number of anilines is 1. The summed E-state index contributed by atoms with van der Waals surface area (Å²) in [7, 11) is 0. The van der Waals surface area contributed by atoms with Gasteiger partial charge in [-0.15, -0.1) is 11.3 Å². The maximum atomic E-state index is 13.5. The van der Waals surface area contributed by atoms with Crippen molar-refractivity contribution in [2.24, 2.45) is 0 Å².